The molecule has 0 aliphatic heterocycles. The van der Waals surface area contributed by atoms with Crippen LogP contribution in [0.4, 0.5) is 10.5 Å². The fourth-order valence-electron chi connectivity index (χ4n) is 1.91. The Morgan fingerprint density at radius 3 is 2.35 bits per heavy atom. The highest BCUT2D eigenvalue weighted by molar-refractivity contribution is 6.42. The number of carbonyl (C=O) groups is 2. The average Bonchev–Trinajstić information content (AvgIpc) is 2.56. The van der Waals surface area contributed by atoms with Gasteiger partial charge in [0.2, 0.25) is 0 Å². The third-order valence-electron chi connectivity index (χ3n) is 3.02. The topological polar surface area (TPSA) is 67.4 Å². The van der Waals surface area contributed by atoms with Gasteiger partial charge in [-0.3, -0.25) is 0 Å². The van der Waals surface area contributed by atoms with Gasteiger partial charge in [0.15, 0.2) is 6.04 Å². The van der Waals surface area contributed by atoms with Crippen molar-refractivity contribution in [3.63, 3.8) is 0 Å². The van der Waals surface area contributed by atoms with Gasteiger partial charge in [0, 0.05) is 5.69 Å². The SMILES string of the molecule is COC(=O)C(NC(=O)Nc1ccc(Cl)c(Cl)c1)c1ccccc1. The summed E-state index contributed by atoms with van der Waals surface area (Å²) in [6.07, 6.45) is 0. The summed E-state index contributed by atoms with van der Waals surface area (Å²) in [5.41, 5.74) is 1.07. The molecule has 2 amide bonds. The van der Waals surface area contributed by atoms with E-state index in [1.807, 2.05) is 6.07 Å². The maximum atomic E-state index is 12.1. The van der Waals surface area contributed by atoms with E-state index >= 15 is 0 Å². The number of nitrogens with one attached hydrogen (secondary N) is 2. The van der Waals surface area contributed by atoms with Crippen LogP contribution in [0.15, 0.2) is 48.5 Å². The molecule has 0 bridgehead atoms. The first-order valence-electron chi connectivity index (χ1n) is 6.66. The standard InChI is InChI=1S/C16H14Cl2N2O3/c1-23-15(21)14(10-5-3-2-4-6-10)20-16(22)19-11-7-8-12(17)13(18)9-11/h2-9,14H,1H3,(H2,19,20,22). The molecular formula is C16H14Cl2N2O3. The summed E-state index contributed by atoms with van der Waals surface area (Å²) in [4.78, 5) is 24.0. The first kappa shape index (κ1) is 17.1. The third-order valence-corrected chi connectivity index (χ3v) is 3.76. The van der Waals surface area contributed by atoms with Crippen molar-refractivity contribution in [3.8, 4) is 0 Å². The molecule has 0 fully saturated rings. The lowest BCUT2D eigenvalue weighted by molar-refractivity contribution is -0.143. The lowest BCUT2D eigenvalue weighted by atomic mass is 10.1. The van der Waals surface area contributed by atoms with Gasteiger partial charge in [-0.25, -0.2) is 9.59 Å². The highest BCUT2D eigenvalue weighted by atomic mass is 35.5. The number of benzene rings is 2. The first-order valence-corrected chi connectivity index (χ1v) is 7.42. The zero-order chi connectivity index (χ0) is 16.8. The van der Waals surface area contributed by atoms with E-state index in [9.17, 15) is 9.59 Å². The number of hydrogen-bond donors (Lipinski definition) is 2. The predicted molar refractivity (Wildman–Crippen MR) is 89.8 cm³/mol. The van der Waals surface area contributed by atoms with Crippen molar-refractivity contribution < 1.29 is 14.3 Å². The Bertz CT molecular complexity index is 708. The molecule has 0 aliphatic rings. The third kappa shape index (κ3) is 4.61. The van der Waals surface area contributed by atoms with E-state index in [0.29, 0.717) is 21.3 Å². The monoisotopic (exact) mass is 352 g/mol. The van der Waals surface area contributed by atoms with E-state index in [2.05, 4.69) is 10.6 Å². The molecule has 0 saturated carbocycles. The number of ether oxygens (including phenoxy) is 1. The lowest BCUT2D eigenvalue weighted by Gasteiger charge is -2.17. The Morgan fingerprint density at radius 2 is 1.74 bits per heavy atom. The molecule has 0 radical (unpaired) electrons. The van der Waals surface area contributed by atoms with Gasteiger partial charge in [-0.05, 0) is 23.8 Å². The van der Waals surface area contributed by atoms with Crippen LogP contribution in [0, 0.1) is 0 Å². The summed E-state index contributed by atoms with van der Waals surface area (Å²) in [7, 11) is 1.26. The van der Waals surface area contributed by atoms with Gasteiger partial charge in [0.25, 0.3) is 0 Å². The molecule has 1 atom stereocenters. The van der Waals surface area contributed by atoms with Crippen molar-refractivity contribution >= 4 is 40.9 Å². The van der Waals surface area contributed by atoms with Crippen molar-refractivity contribution in [1.82, 2.24) is 5.32 Å². The molecule has 2 rings (SSSR count). The van der Waals surface area contributed by atoms with Gasteiger partial charge in [-0.1, -0.05) is 53.5 Å². The predicted octanol–water partition coefficient (Wildman–Crippen LogP) is 4.03. The number of rotatable bonds is 4. The van der Waals surface area contributed by atoms with E-state index in [1.165, 1.54) is 13.2 Å². The molecule has 5 nitrogen and oxygen atoms in total. The maximum Gasteiger partial charge on any atom is 0.333 e. The molecule has 0 aromatic heterocycles. The molecule has 2 aromatic rings. The molecule has 0 saturated heterocycles. The second-order valence-electron chi connectivity index (χ2n) is 4.59. The molecule has 23 heavy (non-hydrogen) atoms. The zero-order valence-electron chi connectivity index (χ0n) is 12.2. The van der Waals surface area contributed by atoms with E-state index in [0.717, 1.165) is 0 Å². The van der Waals surface area contributed by atoms with E-state index in [-0.39, 0.29) is 0 Å². The minimum atomic E-state index is -0.913. The molecule has 2 aromatic carbocycles. The molecule has 2 N–H and O–H groups in total. The average molecular weight is 353 g/mol. The smallest absolute Gasteiger partial charge is 0.333 e. The Labute approximate surface area is 143 Å². The number of amides is 2. The molecule has 0 heterocycles. The summed E-state index contributed by atoms with van der Waals surface area (Å²) in [6.45, 7) is 0. The van der Waals surface area contributed by atoms with Crippen molar-refractivity contribution in [2.75, 3.05) is 12.4 Å². The second kappa shape index (κ2) is 7.85. The zero-order valence-corrected chi connectivity index (χ0v) is 13.7. The van der Waals surface area contributed by atoms with Crippen LogP contribution < -0.4 is 10.6 Å². The summed E-state index contributed by atoms with van der Waals surface area (Å²) >= 11 is 11.7. The number of methoxy groups -OCH3 is 1. The Kier molecular flexibility index (Phi) is 5.84. The number of carbonyl (C=O) groups excluding carboxylic acids is 2. The van der Waals surface area contributed by atoms with Crippen LogP contribution in [0.25, 0.3) is 0 Å². The quantitative estimate of drug-likeness (QED) is 0.816. The molecule has 1 unspecified atom stereocenters. The minimum Gasteiger partial charge on any atom is -0.467 e. The molecule has 0 spiro atoms. The fraction of sp³-hybridized carbons (Fsp3) is 0.125. The summed E-state index contributed by atoms with van der Waals surface area (Å²) < 4.78 is 4.73. The van der Waals surface area contributed by atoms with Gasteiger partial charge in [0.05, 0.1) is 17.2 Å². The van der Waals surface area contributed by atoms with E-state index in [1.54, 1.807) is 36.4 Å². The van der Waals surface area contributed by atoms with Crippen LogP contribution in [0.2, 0.25) is 10.0 Å². The van der Waals surface area contributed by atoms with Gasteiger partial charge in [-0.2, -0.15) is 0 Å². The number of esters is 1. The van der Waals surface area contributed by atoms with E-state index < -0.39 is 18.0 Å². The molecule has 0 aliphatic carbocycles. The van der Waals surface area contributed by atoms with Crippen molar-refractivity contribution in [2.45, 2.75) is 6.04 Å². The van der Waals surface area contributed by atoms with Gasteiger partial charge >= 0.3 is 12.0 Å². The van der Waals surface area contributed by atoms with Crippen molar-refractivity contribution in [2.24, 2.45) is 0 Å². The largest absolute Gasteiger partial charge is 0.467 e. The number of halogens is 2. The summed E-state index contributed by atoms with van der Waals surface area (Å²) in [6, 6.07) is 12.0. The lowest BCUT2D eigenvalue weighted by Crippen LogP contribution is -2.37. The fourth-order valence-corrected chi connectivity index (χ4v) is 2.21. The number of anilines is 1. The van der Waals surface area contributed by atoms with Crippen LogP contribution >= 0.6 is 23.2 Å². The maximum absolute atomic E-state index is 12.1. The first-order chi connectivity index (χ1) is 11.0. The number of hydrogen-bond acceptors (Lipinski definition) is 3. The van der Waals surface area contributed by atoms with Crippen LogP contribution in [0.5, 0.6) is 0 Å². The summed E-state index contributed by atoms with van der Waals surface area (Å²) in [5, 5.41) is 5.85. The van der Waals surface area contributed by atoms with Crippen LogP contribution in [-0.4, -0.2) is 19.1 Å². The Hall–Kier alpha value is -2.24. The van der Waals surface area contributed by atoms with Crippen LogP contribution in [0.3, 0.4) is 0 Å². The van der Waals surface area contributed by atoms with Crippen LogP contribution in [0.1, 0.15) is 11.6 Å². The highest BCUT2D eigenvalue weighted by Crippen LogP contribution is 2.25. The van der Waals surface area contributed by atoms with Gasteiger partial charge in [0.1, 0.15) is 0 Å². The molecule has 7 heteroatoms. The van der Waals surface area contributed by atoms with Gasteiger partial charge < -0.3 is 15.4 Å². The van der Waals surface area contributed by atoms with Gasteiger partial charge in [-0.15, -0.1) is 0 Å². The second-order valence-corrected chi connectivity index (χ2v) is 5.41. The molecular weight excluding hydrogens is 339 g/mol. The summed E-state index contributed by atoms with van der Waals surface area (Å²) in [5.74, 6) is -0.569. The van der Waals surface area contributed by atoms with Crippen molar-refractivity contribution in [1.29, 1.82) is 0 Å². The Morgan fingerprint density at radius 1 is 1.04 bits per heavy atom. The normalized spacial score (nSPS) is 11.4. The minimum absolute atomic E-state index is 0.317. The Balaban J connectivity index is 2.11. The number of urea groups is 1. The molecule has 120 valence electrons. The van der Waals surface area contributed by atoms with Crippen molar-refractivity contribution in [3.05, 3.63) is 64.1 Å². The van der Waals surface area contributed by atoms with Crippen LogP contribution in [-0.2, 0) is 9.53 Å². The van der Waals surface area contributed by atoms with E-state index in [4.69, 9.17) is 27.9 Å². The highest BCUT2D eigenvalue weighted by Gasteiger charge is 2.23.